The summed E-state index contributed by atoms with van der Waals surface area (Å²) in [5.41, 5.74) is 1.14. The maximum absolute atomic E-state index is 12.0. The van der Waals surface area contributed by atoms with Gasteiger partial charge in [0.05, 0.1) is 24.1 Å². The second kappa shape index (κ2) is 8.39. The van der Waals surface area contributed by atoms with Crippen LogP contribution in [0.4, 0.5) is 5.69 Å². The van der Waals surface area contributed by atoms with Crippen LogP contribution in [-0.2, 0) is 4.79 Å². The number of ether oxygens (including phenoxy) is 1. The summed E-state index contributed by atoms with van der Waals surface area (Å²) in [4.78, 5) is 20.3. The van der Waals surface area contributed by atoms with Crippen molar-refractivity contribution in [3.8, 4) is 17.1 Å². The van der Waals surface area contributed by atoms with Crippen LogP contribution in [0.3, 0.4) is 0 Å². The van der Waals surface area contributed by atoms with Crippen LogP contribution >= 0.6 is 35.0 Å². The van der Waals surface area contributed by atoms with E-state index in [9.17, 15) is 4.79 Å². The molecule has 0 saturated carbocycles. The number of carbonyl (C=O) groups is 1. The summed E-state index contributed by atoms with van der Waals surface area (Å²) < 4.78 is 5.30. The molecule has 0 saturated heterocycles. The molecule has 3 aromatic rings. The van der Waals surface area contributed by atoms with Crippen LogP contribution in [0.1, 0.15) is 0 Å². The molecule has 2 N–H and O–H groups in total. The van der Waals surface area contributed by atoms with Gasteiger partial charge in [-0.1, -0.05) is 35.0 Å². The highest BCUT2D eigenvalue weighted by Gasteiger charge is 2.13. The number of H-pyrrole nitrogens is 1. The molecule has 3 rings (SSSR count). The van der Waals surface area contributed by atoms with Gasteiger partial charge in [-0.15, -0.1) is 5.10 Å². The van der Waals surface area contributed by atoms with Gasteiger partial charge in [0.1, 0.15) is 5.75 Å². The number of methoxy groups -OCH3 is 1. The van der Waals surface area contributed by atoms with Crippen LogP contribution in [0, 0.1) is 0 Å². The maximum atomic E-state index is 12.0. The quantitative estimate of drug-likeness (QED) is 0.473. The third-order valence-corrected chi connectivity index (χ3v) is 4.63. The number of pyridine rings is 1. The number of thioether (sulfide) groups is 1. The molecule has 0 fully saturated rings. The molecule has 0 unspecified atom stereocenters. The molecule has 1 amide bonds. The SMILES string of the molecule is COc1ccc(Cl)cc1-c1nc(SCC(=O)Nc2cccnc2Cl)n[nH]1. The van der Waals surface area contributed by atoms with Gasteiger partial charge in [0.25, 0.3) is 0 Å². The fraction of sp³-hybridized carbons (Fsp3) is 0.125. The molecule has 7 nitrogen and oxygen atoms in total. The van der Waals surface area contributed by atoms with E-state index in [1.807, 2.05) is 0 Å². The first-order valence-electron chi connectivity index (χ1n) is 7.36. The summed E-state index contributed by atoms with van der Waals surface area (Å²) in [5, 5.41) is 10.8. The number of nitrogens with zero attached hydrogens (tertiary/aromatic N) is 3. The van der Waals surface area contributed by atoms with Crippen molar-refractivity contribution in [2.45, 2.75) is 5.16 Å². The first kappa shape index (κ1) is 18.5. The summed E-state index contributed by atoms with van der Waals surface area (Å²) >= 11 is 13.1. The number of rotatable bonds is 6. The molecule has 2 heterocycles. The summed E-state index contributed by atoms with van der Waals surface area (Å²) in [7, 11) is 1.56. The summed E-state index contributed by atoms with van der Waals surface area (Å²) in [6.45, 7) is 0. The Morgan fingerprint density at radius 1 is 1.35 bits per heavy atom. The summed E-state index contributed by atoms with van der Waals surface area (Å²) in [6.07, 6.45) is 1.55. The Morgan fingerprint density at radius 3 is 2.96 bits per heavy atom. The number of aromatic nitrogens is 4. The number of carbonyl (C=O) groups excluding carboxylic acids is 1. The topological polar surface area (TPSA) is 92.8 Å². The lowest BCUT2D eigenvalue weighted by atomic mass is 10.2. The molecule has 0 aliphatic carbocycles. The van der Waals surface area contributed by atoms with E-state index in [-0.39, 0.29) is 16.8 Å². The van der Waals surface area contributed by atoms with Gasteiger partial charge in [0.15, 0.2) is 11.0 Å². The molecule has 10 heteroatoms. The molecule has 0 atom stereocenters. The van der Waals surface area contributed by atoms with Gasteiger partial charge >= 0.3 is 0 Å². The minimum absolute atomic E-state index is 0.120. The monoisotopic (exact) mass is 409 g/mol. The van der Waals surface area contributed by atoms with E-state index in [4.69, 9.17) is 27.9 Å². The van der Waals surface area contributed by atoms with Crippen LogP contribution in [0.5, 0.6) is 5.75 Å². The van der Waals surface area contributed by atoms with Crippen molar-refractivity contribution < 1.29 is 9.53 Å². The van der Waals surface area contributed by atoms with E-state index < -0.39 is 0 Å². The first-order valence-corrected chi connectivity index (χ1v) is 9.10. The second-order valence-corrected chi connectivity index (χ2v) is 6.73. The van der Waals surface area contributed by atoms with Crippen LogP contribution in [-0.4, -0.2) is 38.9 Å². The smallest absolute Gasteiger partial charge is 0.234 e. The molecule has 1 aromatic carbocycles. The molecule has 134 valence electrons. The van der Waals surface area contributed by atoms with Gasteiger partial charge in [-0.2, -0.15) is 0 Å². The minimum atomic E-state index is -0.239. The number of aromatic amines is 1. The molecule has 2 aromatic heterocycles. The highest BCUT2D eigenvalue weighted by atomic mass is 35.5. The van der Waals surface area contributed by atoms with E-state index in [2.05, 4.69) is 25.5 Å². The first-order chi connectivity index (χ1) is 12.6. The molecule has 26 heavy (non-hydrogen) atoms. The van der Waals surface area contributed by atoms with Crippen molar-refractivity contribution in [2.24, 2.45) is 0 Å². The molecular weight excluding hydrogens is 397 g/mol. The van der Waals surface area contributed by atoms with Crippen molar-refractivity contribution in [1.29, 1.82) is 0 Å². The lowest BCUT2D eigenvalue weighted by Crippen LogP contribution is -2.14. The zero-order valence-corrected chi connectivity index (χ0v) is 15.8. The number of nitrogens with one attached hydrogen (secondary N) is 2. The molecular formula is C16H13Cl2N5O2S. The zero-order chi connectivity index (χ0) is 18.5. The maximum Gasteiger partial charge on any atom is 0.234 e. The van der Waals surface area contributed by atoms with Crippen molar-refractivity contribution in [3.63, 3.8) is 0 Å². The van der Waals surface area contributed by atoms with Gasteiger partial charge in [-0.05, 0) is 30.3 Å². The van der Waals surface area contributed by atoms with E-state index in [1.54, 1.807) is 43.6 Å². The van der Waals surface area contributed by atoms with Crippen LogP contribution in [0.2, 0.25) is 10.2 Å². The van der Waals surface area contributed by atoms with Gasteiger partial charge in [-0.3, -0.25) is 9.89 Å². The fourth-order valence-corrected chi connectivity index (χ4v) is 3.03. The number of anilines is 1. The van der Waals surface area contributed by atoms with E-state index in [0.717, 1.165) is 0 Å². The Labute approximate surface area is 163 Å². The molecule has 0 spiro atoms. The molecule has 0 aliphatic rings. The van der Waals surface area contributed by atoms with Crippen molar-refractivity contribution in [2.75, 3.05) is 18.2 Å². The Hall–Kier alpha value is -2.29. The Morgan fingerprint density at radius 2 is 2.19 bits per heavy atom. The standard InChI is InChI=1S/C16H13Cl2N5O2S/c1-25-12-5-4-9(17)7-10(12)15-21-16(23-22-15)26-8-13(24)20-11-3-2-6-19-14(11)18/h2-7H,8H2,1H3,(H,20,24)(H,21,22,23). The third kappa shape index (κ3) is 4.46. The Kier molecular flexibility index (Phi) is 5.97. The number of hydrogen-bond donors (Lipinski definition) is 2. The van der Waals surface area contributed by atoms with Gasteiger partial charge in [0, 0.05) is 11.2 Å². The number of amides is 1. The third-order valence-electron chi connectivity index (χ3n) is 3.25. The van der Waals surface area contributed by atoms with Crippen molar-refractivity contribution in [1.82, 2.24) is 20.2 Å². The van der Waals surface area contributed by atoms with E-state index >= 15 is 0 Å². The summed E-state index contributed by atoms with van der Waals surface area (Å²) in [5.74, 6) is 1.00. The lowest BCUT2D eigenvalue weighted by molar-refractivity contribution is -0.113. The molecule has 0 bridgehead atoms. The summed E-state index contributed by atoms with van der Waals surface area (Å²) in [6, 6.07) is 8.57. The van der Waals surface area contributed by atoms with E-state index in [1.165, 1.54) is 11.8 Å². The van der Waals surface area contributed by atoms with Gasteiger partial charge < -0.3 is 10.1 Å². The average molecular weight is 410 g/mol. The highest BCUT2D eigenvalue weighted by Crippen LogP contribution is 2.31. The normalized spacial score (nSPS) is 10.6. The van der Waals surface area contributed by atoms with Crippen LogP contribution < -0.4 is 10.1 Å². The van der Waals surface area contributed by atoms with Crippen molar-refractivity contribution >= 4 is 46.6 Å². The Bertz CT molecular complexity index is 935. The average Bonchev–Trinajstić information content (AvgIpc) is 3.11. The van der Waals surface area contributed by atoms with Crippen LogP contribution in [0.15, 0.2) is 41.7 Å². The van der Waals surface area contributed by atoms with Crippen molar-refractivity contribution in [3.05, 3.63) is 46.7 Å². The number of benzene rings is 1. The molecule has 0 radical (unpaired) electrons. The second-order valence-electron chi connectivity index (χ2n) is 4.99. The van der Waals surface area contributed by atoms with E-state index in [0.29, 0.717) is 33.0 Å². The number of hydrogen-bond acceptors (Lipinski definition) is 6. The predicted octanol–water partition coefficient (Wildman–Crippen LogP) is 3.91. The number of halogens is 2. The zero-order valence-electron chi connectivity index (χ0n) is 13.5. The molecule has 0 aliphatic heterocycles. The Balaban J connectivity index is 1.65. The fourth-order valence-electron chi connectivity index (χ4n) is 2.09. The largest absolute Gasteiger partial charge is 0.496 e. The van der Waals surface area contributed by atoms with Gasteiger partial charge in [0.2, 0.25) is 11.1 Å². The van der Waals surface area contributed by atoms with Gasteiger partial charge in [-0.25, -0.2) is 9.97 Å². The minimum Gasteiger partial charge on any atom is -0.496 e. The lowest BCUT2D eigenvalue weighted by Gasteiger charge is -2.05. The predicted molar refractivity (Wildman–Crippen MR) is 102 cm³/mol. The highest BCUT2D eigenvalue weighted by molar-refractivity contribution is 7.99. The van der Waals surface area contributed by atoms with Crippen LogP contribution in [0.25, 0.3) is 11.4 Å².